The van der Waals surface area contributed by atoms with E-state index < -0.39 is 0 Å². The molecule has 3 heteroatoms. The van der Waals surface area contributed by atoms with Crippen LogP contribution in [0.25, 0.3) is 0 Å². The van der Waals surface area contributed by atoms with Gasteiger partial charge in [0.15, 0.2) is 5.78 Å². The zero-order valence-electron chi connectivity index (χ0n) is 14.0. The lowest BCUT2D eigenvalue weighted by atomic mass is 9.98. The van der Waals surface area contributed by atoms with Gasteiger partial charge >= 0.3 is 0 Å². The van der Waals surface area contributed by atoms with Crippen LogP contribution in [0.15, 0.2) is 12.1 Å². The average molecular weight is 305 g/mol. The van der Waals surface area contributed by atoms with E-state index in [1.807, 2.05) is 18.7 Å². The minimum atomic E-state index is 0.264. The van der Waals surface area contributed by atoms with Crippen LogP contribution in [0, 0.1) is 20.8 Å². The van der Waals surface area contributed by atoms with Crippen LogP contribution in [0.5, 0.6) is 0 Å². The molecule has 1 fully saturated rings. The molecule has 1 aliphatic rings. The molecule has 0 bridgehead atoms. The second-order valence-electron chi connectivity index (χ2n) is 6.81. The zero-order valence-corrected chi connectivity index (χ0v) is 14.8. The number of aryl methyl sites for hydroxylation is 3. The molecule has 1 aliphatic heterocycles. The molecule has 1 aromatic carbocycles. The largest absolute Gasteiger partial charge is 0.295 e. The van der Waals surface area contributed by atoms with Crippen molar-refractivity contribution in [2.24, 2.45) is 0 Å². The van der Waals surface area contributed by atoms with E-state index in [2.05, 4.69) is 44.7 Å². The van der Waals surface area contributed by atoms with Crippen LogP contribution in [-0.4, -0.2) is 40.8 Å². The molecule has 0 radical (unpaired) electrons. The van der Waals surface area contributed by atoms with Crippen LogP contribution >= 0.6 is 11.8 Å². The van der Waals surface area contributed by atoms with E-state index >= 15 is 0 Å². The molecule has 0 N–H and O–H groups in total. The third-order valence-corrected chi connectivity index (χ3v) is 5.81. The van der Waals surface area contributed by atoms with Crippen LogP contribution in [0.4, 0.5) is 0 Å². The van der Waals surface area contributed by atoms with E-state index in [9.17, 15) is 4.79 Å². The lowest BCUT2D eigenvalue weighted by molar-refractivity contribution is 0.0933. The Morgan fingerprint density at radius 1 is 1.14 bits per heavy atom. The Morgan fingerprint density at radius 3 is 2.52 bits per heavy atom. The number of hydrogen-bond donors (Lipinski definition) is 0. The van der Waals surface area contributed by atoms with E-state index in [4.69, 9.17) is 0 Å². The standard InChI is InChI=1S/C18H27NOS/c1-13-10-15(3)16(11-14(13)2)17(20)12-19-7-6-18(4,5)21-9-8-19/h10-11H,6-9,12H2,1-5H3. The third kappa shape index (κ3) is 4.33. The van der Waals surface area contributed by atoms with E-state index in [1.54, 1.807) is 0 Å². The van der Waals surface area contributed by atoms with Crippen molar-refractivity contribution in [1.29, 1.82) is 0 Å². The quantitative estimate of drug-likeness (QED) is 0.787. The first-order chi connectivity index (χ1) is 9.78. The number of ketones is 1. The summed E-state index contributed by atoms with van der Waals surface area (Å²) in [6.07, 6.45) is 1.15. The Hall–Kier alpha value is -0.800. The van der Waals surface area contributed by atoms with Crippen molar-refractivity contribution in [3.8, 4) is 0 Å². The maximum absolute atomic E-state index is 12.6. The summed E-state index contributed by atoms with van der Waals surface area (Å²) in [5, 5.41) is 0. The van der Waals surface area contributed by atoms with Crippen LogP contribution in [0.3, 0.4) is 0 Å². The molecule has 1 heterocycles. The SMILES string of the molecule is Cc1cc(C)c(C(=O)CN2CCSC(C)(C)CC2)cc1C. The van der Waals surface area contributed by atoms with Gasteiger partial charge in [-0.3, -0.25) is 9.69 Å². The fourth-order valence-corrected chi connectivity index (χ4v) is 3.91. The minimum Gasteiger partial charge on any atom is -0.295 e. The third-order valence-electron chi connectivity index (χ3n) is 4.44. The van der Waals surface area contributed by atoms with Crippen molar-refractivity contribution in [1.82, 2.24) is 4.90 Å². The fourth-order valence-electron chi connectivity index (χ4n) is 2.77. The lowest BCUT2D eigenvalue weighted by Gasteiger charge is -2.22. The van der Waals surface area contributed by atoms with Gasteiger partial charge in [0, 0.05) is 22.6 Å². The van der Waals surface area contributed by atoms with E-state index in [0.29, 0.717) is 11.3 Å². The van der Waals surface area contributed by atoms with Crippen LogP contribution in [0.1, 0.15) is 47.3 Å². The molecular formula is C18H27NOS. The fraction of sp³-hybridized carbons (Fsp3) is 0.611. The Balaban J connectivity index is 2.06. The average Bonchev–Trinajstić information content (AvgIpc) is 2.55. The number of rotatable bonds is 3. The lowest BCUT2D eigenvalue weighted by Crippen LogP contribution is -2.32. The molecule has 1 aromatic rings. The Kier molecular flexibility index (Phi) is 5.15. The van der Waals surface area contributed by atoms with Gasteiger partial charge < -0.3 is 0 Å². The number of benzene rings is 1. The van der Waals surface area contributed by atoms with Gasteiger partial charge in [0.25, 0.3) is 0 Å². The van der Waals surface area contributed by atoms with Gasteiger partial charge in [-0.2, -0.15) is 11.8 Å². The number of carbonyl (C=O) groups is 1. The summed E-state index contributed by atoms with van der Waals surface area (Å²) < 4.78 is 0.341. The summed E-state index contributed by atoms with van der Waals surface area (Å²) in [5.41, 5.74) is 4.47. The summed E-state index contributed by atoms with van der Waals surface area (Å²) >= 11 is 2.02. The van der Waals surface area contributed by atoms with Gasteiger partial charge in [-0.1, -0.05) is 19.9 Å². The first-order valence-electron chi connectivity index (χ1n) is 7.76. The summed E-state index contributed by atoms with van der Waals surface area (Å²) in [6, 6.07) is 4.19. The first-order valence-corrected chi connectivity index (χ1v) is 8.74. The van der Waals surface area contributed by atoms with Crippen molar-refractivity contribution < 1.29 is 4.79 Å². The van der Waals surface area contributed by atoms with Gasteiger partial charge in [-0.05, 0) is 56.5 Å². The molecule has 116 valence electrons. The first kappa shape index (κ1) is 16.6. The smallest absolute Gasteiger partial charge is 0.177 e. The second-order valence-corrected chi connectivity index (χ2v) is 8.61. The predicted octanol–water partition coefficient (Wildman–Crippen LogP) is 4.01. The molecule has 2 nitrogen and oxygen atoms in total. The highest BCUT2D eigenvalue weighted by molar-refractivity contribution is 8.00. The van der Waals surface area contributed by atoms with Crippen molar-refractivity contribution in [2.75, 3.05) is 25.4 Å². The molecule has 2 rings (SSSR count). The van der Waals surface area contributed by atoms with Gasteiger partial charge in [-0.25, -0.2) is 0 Å². The molecule has 0 spiro atoms. The Bertz CT molecular complexity index is 536. The molecule has 1 saturated heterocycles. The highest BCUT2D eigenvalue weighted by atomic mass is 32.2. The number of nitrogens with zero attached hydrogens (tertiary/aromatic N) is 1. The number of thioether (sulfide) groups is 1. The molecule has 0 saturated carbocycles. The minimum absolute atomic E-state index is 0.264. The summed E-state index contributed by atoms with van der Waals surface area (Å²) in [7, 11) is 0. The van der Waals surface area contributed by atoms with Gasteiger partial charge in [0.05, 0.1) is 6.54 Å². The topological polar surface area (TPSA) is 20.3 Å². The predicted molar refractivity (Wildman–Crippen MR) is 92.6 cm³/mol. The summed E-state index contributed by atoms with van der Waals surface area (Å²) in [4.78, 5) is 14.9. The molecule has 21 heavy (non-hydrogen) atoms. The molecular weight excluding hydrogens is 278 g/mol. The molecule has 0 atom stereocenters. The number of carbonyl (C=O) groups excluding carboxylic acids is 1. The Labute approximate surface area is 133 Å². The van der Waals surface area contributed by atoms with Crippen molar-refractivity contribution in [3.63, 3.8) is 0 Å². The molecule has 0 amide bonds. The molecule has 0 unspecified atom stereocenters. The highest BCUT2D eigenvalue weighted by Gasteiger charge is 2.25. The van der Waals surface area contributed by atoms with Crippen molar-refractivity contribution in [3.05, 3.63) is 34.4 Å². The molecule has 0 aliphatic carbocycles. The van der Waals surface area contributed by atoms with E-state index in [-0.39, 0.29) is 5.78 Å². The van der Waals surface area contributed by atoms with Crippen LogP contribution < -0.4 is 0 Å². The monoisotopic (exact) mass is 305 g/mol. The van der Waals surface area contributed by atoms with Gasteiger partial charge in [0.1, 0.15) is 0 Å². The summed E-state index contributed by atoms with van der Waals surface area (Å²) in [6.45, 7) is 13.4. The van der Waals surface area contributed by atoms with E-state index in [1.165, 1.54) is 11.1 Å². The van der Waals surface area contributed by atoms with E-state index in [0.717, 1.165) is 36.4 Å². The normalized spacial score (nSPS) is 19.3. The Morgan fingerprint density at radius 2 is 1.81 bits per heavy atom. The van der Waals surface area contributed by atoms with Gasteiger partial charge in [0.2, 0.25) is 0 Å². The van der Waals surface area contributed by atoms with Crippen molar-refractivity contribution >= 4 is 17.5 Å². The van der Waals surface area contributed by atoms with Crippen LogP contribution in [-0.2, 0) is 0 Å². The van der Waals surface area contributed by atoms with Crippen molar-refractivity contribution in [2.45, 2.75) is 45.8 Å². The number of Topliss-reactive ketones (excluding diaryl/α,β-unsaturated/α-hetero) is 1. The molecule has 0 aromatic heterocycles. The van der Waals surface area contributed by atoms with Gasteiger partial charge in [-0.15, -0.1) is 0 Å². The maximum atomic E-state index is 12.6. The maximum Gasteiger partial charge on any atom is 0.177 e. The summed E-state index contributed by atoms with van der Waals surface area (Å²) in [5.74, 6) is 1.38. The highest BCUT2D eigenvalue weighted by Crippen LogP contribution is 2.30. The number of hydrogen-bond acceptors (Lipinski definition) is 3. The zero-order chi connectivity index (χ0) is 15.6. The van der Waals surface area contributed by atoms with Crippen LogP contribution in [0.2, 0.25) is 0 Å². The second kappa shape index (κ2) is 6.53.